The number of carbonyl (C=O) groups is 2. The number of hydrogen-bond donors (Lipinski definition) is 4. The van der Waals surface area contributed by atoms with Crippen LogP contribution in [0.2, 0.25) is 0 Å². The molecule has 4 N–H and O–H groups in total. The summed E-state index contributed by atoms with van der Waals surface area (Å²) < 4.78 is 35.4. The zero-order chi connectivity index (χ0) is 28.4. The third-order valence-electron chi connectivity index (χ3n) is 7.82. The first kappa shape index (κ1) is 28.5. The molecular formula is C29H38FN5O4S. The molecule has 2 amide bonds. The molecular weight excluding hydrogens is 533 g/mol. The number of amides is 2. The first-order chi connectivity index (χ1) is 19.1. The Morgan fingerprint density at radius 3 is 2.38 bits per heavy atom. The van der Waals surface area contributed by atoms with Crippen molar-refractivity contribution in [1.82, 2.24) is 19.8 Å². The third kappa shape index (κ3) is 6.65. The number of benzene rings is 2. The minimum absolute atomic E-state index is 0.0346. The smallest absolute Gasteiger partial charge is 0.257 e. The number of nitrogens with one attached hydrogen (secondary N) is 2. The van der Waals surface area contributed by atoms with Crippen molar-refractivity contribution in [1.29, 1.82) is 0 Å². The Labute approximate surface area is 235 Å². The standard InChI is InChI=1S/C29H38FN5O4S/c1-19(2)31-27(36)22-6-10-24(11-7-22)35-26-17-20(18-34-13-15-40(38,39)16-14-34)3-12-25(26)32-29(35)33-28(37)21-4-8-23(30)9-5-21/h3-5,8-9,12,17,19,22,24,38-39H,6-7,10-11,13-16,18H2,1-2H3,(H,31,36)(H,32,33,37). The molecule has 0 unspecified atom stereocenters. The quantitative estimate of drug-likeness (QED) is 0.308. The van der Waals surface area contributed by atoms with E-state index < -0.39 is 16.4 Å². The molecule has 9 nitrogen and oxygen atoms in total. The van der Waals surface area contributed by atoms with Crippen LogP contribution < -0.4 is 10.6 Å². The highest BCUT2D eigenvalue weighted by molar-refractivity contribution is 8.24. The predicted octanol–water partition coefficient (Wildman–Crippen LogP) is 5.25. The van der Waals surface area contributed by atoms with Crippen molar-refractivity contribution in [2.45, 2.75) is 58.2 Å². The second kappa shape index (κ2) is 11.9. The maximum Gasteiger partial charge on any atom is 0.257 e. The number of aromatic nitrogens is 2. The maximum atomic E-state index is 13.4. The van der Waals surface area contributed by atoms with Gasteiger partial charge in [0.05, 0.1) is 22.5 Å². The number of carbonyl (C=O) groups excluding carboxylic acids is 2. The highest BCUT2D eigenvalue weighted by Gasteiger charge is 2.30. The average molecular weight is 572 g/mol. The molecule has 1 saturated carbocycles. The first-order valence-corrected chi connectivity index (χ1v) is 15.8. The first-order valence-electron chi connectivity index (χ1n) is 13.9. The van der Waals surface area contributed by atoms with Crippen LogP contribution in [0.3, 0.4) is 0 Å². The Kier molecular flexibility index (Phi) is 8.46. The number of nitrogens with zero attached hydrogens (tertiary/aromatic N) is 3. The lowest BCUT2D eigenvalue weighted by Gasteiger charge is -2.41. The molecule has 0 spiro atoms. The number of fused-ring (bicyclic) bond motifs is 1. The summed E-state index contributed by atoms with van der Waals surface area (Å²) in [6.45, 7) is 5.85. The molecule has 2 aliphatic rings. The van der Waals surface area contributed by atoms with Gasteiger partial charge in [0.1, 0.15) is 5.82 Å². The molecule has 1 aliphatic carbocycles. The summed E-state index contributed by atoms with van der Waals surface area (Å²) >= 11 is 0. The van der Waals surface area contributed by atoms with E-state index in [0.29, 0.717) is 42.7 Å². The van der Waals surface area contributed by atoms with Gasteiger partial charge in [0.25, 0.3) is 5.91 Å². The van der Waals surface area contributed by atoms with Crippen molar-refractivity contribution in [3.63, 3.8) is 0 Å². The maximum absolute atomic E-state index is 13.4. The van der Waals surface area contributed by atoms with Crippen molar-refractivity contribution in [3.8, 4) is 0 Å². The zero-order valence-corrected chi connectivity index (χ0v) is 23.8. The summed E-state index contributed by atoms with van der Waals surface area (Å²) in [4.78, 5) is 32.7. The minimum Gasteiger partial charge on any atom is -0.354 e. The van der Waals surface area contributed by atoms with Gasteiger partial charge in [0.15, 0.2) is 0 Å². The summed E-state index contributed by atoms with van der Waals surface area (Å²) in [7, 11) is -2.46. The van der Waals surface area contributed by atoms with E-state index in [4.69, 9.17) is 4.98 Å². The van der Waals surface area contributed by atoms with E-state index in [2.05, 4.69) is 26.2 Å². The van der Waals surface area contributed by atoms with E-state index in [0.717, 1.165) is 42.3 Å². The summed E-state index contributed by atoms with van der Waals surface area (Å²) in [5.41, 5.74) is 3.08. The van der Waals surface area contributed by atoms with E-state index in [9.17, 15) is 23.1 Å². The molecule has 0 bridgehead atoms. The zero-order valence-electron chi connectivity index (χ0n) is 23.0. The molecule has 2 aromatic carbocycles. The topological polar surface area (TPSA) is 120 Å². The van der Waals surface area contributed by atoms with Gasteiger partial charge in [-0.3, -0.25) is 28.9 Å². The molecule has 5 rings (SSSR count). The van der Waals surface area contributed by atoms with Crippen LogP contribution in [0.15, 0.2) is 42.5 Å². The molecule has 0 radical (unpaired) electrons. The molecule has 1 aromatic heterocycles. The number of imidazole rings is 1. The van der Waals surface area contributed by atoms with Crippen LogP contribution in [-0.2, 0) is 11.3 Å². The van der Waals surface area contributed by atoms with Crippen molar-refractivity contribution in [3.05, 3.63) is 59.4 Å². The number of rotatable bonds is 7. The fourth-order valence-electron chi connectivity index (χ4n) is 5.65. The van der Waals surface area contributed by atoms with Gasteiger partial charge in [0.2, 0.25) is 11.9 Å². The van der Waals surface area contributed by atoms with Gasteiger partial charge < -0.3 is 9.88 Å². The monoisotopic (exact) mass is 571 g/mol. The molecule has 40 heavy (non-hydrogen) atoms. The fourth-order valence-corrected chi connectivity index (χ4v) is 6.95. The lowest BCUT2D eigenvalue weighted by Crippen LogP contribution is -2.37. The van der Waals surface area contributed by atoms with E-state index in [-0.39, 0.29) is 29.8 Å². The largest absolute Gasteiger partial charge is 0.354 e. The van der Waals surface area contributed by atoms with Crippen molar-refractivity contribution in [2.24, 2.45) is 5.92 Å². The SMILES string of the molecule is CC(C)NC(=O)C1CCC(n2c(NC(=O)c3ccc(F)cc3)nc3ccc(CN4CCS(O)(O)CC4)cc32)CC1. The van der Waals surface area contributed by atoms with Crippen LogP contribution in [0.25, 0.3) is 11.0 Å². The highest BCUT2D eigenvalue weighted by atomic mass is 32.3. The van der Waals surface area contributed by atoms with Crippen LogP contribution in [0.5, 0.6) is 0 Å². The van der Waals surface area contributed by atoms with Crippen LogP contribution in [0, 0.1) is 11.7 Å². The van der Waals surface area contributed by atoms with Crippen molar-refractivity contribution >= 4 is 39.4 Å². The summed E-state index contributed by atoms with van der Waals surface area (Å²) in [5.74, 6) is 0.494. The molecule has 11 heteroatoms. The average Bonchev–Trinajstić information content (AvgIpc) is 3.27. The number of halogens is 1. The molecule has 1 aliphatic heterocycles. The van der Waals surface area contributed by atoms with Crippen LogP contribution in [0.4, 0.5) is 10.3 Å². The Balaban J connectivity index is 1.41. The van der Waals surface area contributed by atoms with Gasteiger partial charge in [0, 0.05) is 43.2 Å². The molecule has 0 atom stereocenters. The van der Waals surface area contributed by atoms with E-state index in [1.807, 2.05) is 26.0 Å². The lowest BCUT2D eigenvalue weighted by atomic mass is 9.85. The third-order valence-corrected chi connectivity index (χ3v) is 9.50. The Morgan fingerprint density at radius 2 is 1.73 bits per heavy atom. The Morgan fingerprint density at radius 1 is 1.05 bits per heavy atom. The van der Waals surface area contributed by atoms with Gasteiger partial charge in [-0.2, -0.15) is 10.6 Å². The Hall–Kier alpha value is -2.99. The fraction of sp³-hybridized carbons (Fsp3) is 0.483. The molecule has 3 aromatic rings. The summed E-state index contributed by atoms with van der Waals surface area (Å²) in [6, 6.07) is 11.6. The van der Waals surface area contributed by atoms with Crippen LogP contribution in [0.1, 0.15) is 61.5 Å². The lowest BCUT2D eigenvalue weighted by molar-refractivity contribution is -0.126. The normalized spacial score (nSPS) is 22.2. The van der Waals surface area contributed by atoms with Crippen molar-refractivity contribution in [2.75, 3.05) is 29.9 Å². The van der Waals surface area contributed by atoms with Gasteiger partial charge in [-0.05, 0) is 81.5 Å². The summed E-state index contributed by atoms with van der Waals surface area (Å²) in [5, 5.41) is 5.98. The van der Waals surface area contributed by atoms with Crippen LogP contribution in [-0.4, -0.2) is 66.0 Å². The second-order valence-corrected chi connectivity index (χ2v) is 13.7. The minimum atomic E-state index is -2.46. The summed E-state index contributed by atoms with van der Waals surface area (Å²) in [6.07, 6.45) is 3.03. The molecule has 216 valence electrons. The van der Waals surface area contributed by atoms with Gasteiger partial charge in [-0.1, -0.05) is 6.07 Å². The van der Waals surface area contributed by atoms with E-state index in [1.54, 1.807) is 0 Å². The molecule has 2 fully saturated rings. The van der Waals surface area contributed by atoms with Gasteiger partial charge in [-0.25, -0.2) is 9.37 Å². The highest BCUT2D eigenvalue weighted by Crippen LogP contribution is 2.41. The predicted molar refractivity (Wildman–Crippen MR) is 156 cm³/mol. The number of hydrogen-bond acceptors (Lipinski definition) is 6. The van der Waals surface area contributed by atoms with Crippen LogP contribution >= 0.6 is 10.6 Å². The Bertz CT molecular complexity index is 1360. The molecule has 1 saturated heterocycles. The second-order valence-electron chi connectivity index (χ2n) is 11.2. The number of anilines is 1. The van der Waals surface area contributed by atoms with Gasteiger partial charge >= 0.3 is 0 Å². The van der Waals surface area contributed by atoms with Crippen molar-refractivity contribution < 1.29 is 23.1 Å². The van der Waals surface area contributed by atoms with Gasteiger partial charge in [-0.15, -0.1) is 0 Å². The van der Waals surface area contributed by atoms with E-state index >= 15 is 0 Å². The van der Waals surface area contributed by atoms with E-state index in [1.165, 1.54) is 24.3 Å². The molecule has 2 heterocycles.